The molecule has 1 unspecified atom stereocenters. The highest BCUT2D eigenvalue weighted by molar-refractivity contribution is 14.0. The van der Waals surface area contributed by atoms with E-state index in [9.17, 15) is 21.6 Å². The van der Waals surface area contributed by atoms with E-state index in [2.05, 4.69) is 15.6 Å². The Labute approximate surface area is 174 Å². The molecule has 1 saturated heterocycles. The molecule has 11 heteroatoms. The van der Waals surface area contributed by atoms with Gasteiger partial charge in [0.25, 0.3) is 0 Å². The Balaban J connectivity index is 0.00000364. The van der Waals surface area contributed by atoms with Gasteiger partial charge in [0.1, 0.15) is 0 Å². The molecule has 0 aromatic heterocycles. The first-order valence-corrected chi connectivity index (χ1v) is 9.89. The molecule has 0 saturated carbocycles. The van der Waals surface area contributed by atoms with Gasteiger partial charge < -0.3 is 10.6 Å². The molecule has 2 rings (SSSR count). The molecule has 1 atom stereocenters. The van der Waals surface area contributed by atoms with E-state index in [1.165, 1.54) is 24.1 Å². The normalized spacial score (nSPS) is 18.8. The highest BCUT2D eigenvalue weighted by Gasteiger charge is 2.34. The number of guanidine groups is 1. The van der Waals surface area contributed by atoms with Gasteiger partial charge in [-0.2, -0.15) is 13.2 Å². The van der Waals surface area contributed by atoms with Crippen molar-refractivity contribution in [1.29, 1.82) is 0 Å². The van der Waals surface area contributed by atoms with Crippen LogP contribution in [0.2, 0.25) is 0 Å². The number of likely N-dealkylation sites (tertiary alicyclic amines) is 1. The first kappa shape index (κ1) is 24.0. The summed E-state index contributed by atoms with van der Waals surface area (Å²) in [6.07, 6.45) is -3.64. The first-order valence-electron chi connectivity index (χ1n) is 8.24. The van der Waals surface area contributed by atoms with E-state index < -0.39 is 22.6 Å². The van der Waals surface area contributed by atoms with E-state index in [1.54, 1.807) is 18.2 Å². The lowest BCUT2D eigenvalue weighted by molar-refractivity contribution is -0.143. The molecule has 1 heterocycles. The van der Waals surface area contributed by atoms with Crippen LogP contribution in [0.25, 0.3) is 0 Å². The topological polar surface area (TPSA) is 73.8 Å². The summed E-state index contributed by atoms with van der Waals surface area (Å²) in [4.78, 5) is 5.59. The van der Waals surface area contributed by atoms with Crippen LogP contribution in [-0.4, -0.2) is 70.5 Å². The SMILES string of the molecule is CN=C(NCCS(=O)(=O)c1ccccc1)NC1CCN(CC(F)(F)F)C1.I. The molecular formula is C16H24F3IN4O2S. The largest absolute Gasteiger partial charge is 0.401 e. The molecule has 6 nitrogen and oxygen atoms in total. The predicted octanol–water partition coefficient (Wildman–Crippen LogP) is 1.88. The van der Waals surface area contributed by atoms with Crippen LogP contribution in [0.3, 0.4) is 0 Å². The van der Waals surface area contributed by atoms with Crippen molar-refractivity contribution < 1.29 is 21.6 Å². The van der Waals surface area contributed by atoms with E-state index in [1.807, 2.05) is 0 Å². The molecule has 1 aliphatic rings. The van der Waals surface area contributed by atoms with Crippen molar-refractivity contribution in [1.82, 2.24) is 15.5 Å². The summed E-state index contributed by atoms with van der Waals surface area (Å²) in [6, 6.07) is 7.98. The summed E-state index contributed by atoms with van der Waals surface area (Å²) in [6.45, 7) is -0.151. The zero-order valence-electron chi connectivity index (χ0n) is 14.9. The molecule has 27 heavy (non-hydrogen) atoms. The van der Waals surface area contributed by atoms with Gasteiger partial charge in [-0.25, -0.2) is 8.42 Å². The van der Waals surface area contributed by atoms with Crippen molar-refractivity contribution in [3.05, 3.63) is 30.3 Å². The summed E-state index contributed by atoms with van der Waals surface area (Å²) >= 11 is 0. The van der Waals surface area contributed by atoms with Gasteiger partial charge in [-0.15, -0.1) is 24.0 Å². The number of benzene rings is 1. The molecule has 154 valence electrons. The van der Waals surface area contributed by atoms with E-state index in [4.69, 9.17) is 0 Å². The van der Waals surface area contributed by atoms with Crippen molar-refractivity contribution in [3.63, 3.8) is 0 Å². The van der Waals surface area contributed by atoms with Crippen molar-refractivity contribution in [2.75, 3.05) is 39.0 Å². The number of nitrogens with zero attached hydrogens (tertiary/aromatic N) is 2. The molecule has 2 N–H and O–H groups in total. The molecule has 1 aromatic carbocycles. The fourth-order valence-corrected chi connectivity index (χ4v) is 3.96. The Morgan fingerprint density at radius 3 is 2.56 bits per heavy atom. The van der Waals surface area contributed by atoms with Crippen LogP contribution in [-0.2, 0) is 9.84 Å². The zero-order valence-corrected chi connectivity index (χ0v) is 18.0. The Hall–Kier alpha value is -1.08. The standard InChI is InChI=1S/C16H23F3N4O2S.HI/c1-20-15(22-13-7-9-23(11-13)12-16(17,18)19)21-8-10-26(24,25)14-5-3-2-4-6-14;/h2-6,13H,7-12H2,1H3,(H2,20,21,22);1H. The summed E-state index contributed by atoms with van der Waals surface area (Å²) in [5.74, 6) is 0.273. The first-order chi connectivity index (χ1) is 12.2. The van der Waals surface area contributed by atoms with Gasteiger partial charge in [-0.1, -0.05) is 18.2 Å². The number of sulfone groups is 1. The van der Waals surface area contributed by atoms with Crippen molar-refractivity contribution in [3.8, 4) is 0 Å². The Morgan fingerprint density at radius 1 is 1.30 bits per heavy atom. The van der Waals surface area contributed by atoms with E-state index in [-0.39, 0.29) is 53.8 Å². The molecule has 0 amide bonds. The lowest BCUT2D eigenvalue weighted by Gasteiger charge is -2.19. The Bertz CT molecular complexity index is 714. The Morgan fingerprint density at radius 2 is 1.96 bits per heavy atom. The lowest BCUT2D eigenvalue weighted by atomic mass is 10.3. The number of hydrogen-bond donors (Lipinski definition) is 2. The molecule has 1 fully saturated rings. The van der Waals surface area contributed by atoms with Crippen LogP contribution >= 0.6 is 24.0 Å². The van der Waals surface area contributed by atoms with Gasteiger partial charge >= 0.3 is 6.18 Å². The van der Waals surface area contributed by atoms with Crippen LogP contribution in [0.15, 0.2) is 40.2 Å². The number of hydrogen-bond acceptors (Lipinski definition) is 4. The van der Waals surface area contributed by atoms with Crippen molar-refractivity contribution in [2.45, 2.75) is 23.5 Å². The van der Waals surface area contributed by atoms with Gasteiger partial charge in [0, 0.05) is 32.7 Å². The monoisotopic (exact) mass is 520 g/mol. The molecule has 0 aliphatic carbocycles. The van der Waals surface area contributed by atoms with E-state index in [0.717, 1.165) is 0 Å². The minimum atomic E-state index is -4.21. The van der Waals surface area contributed by atoms with Gasteiger partial charge in [0.2, 0.25) is 0 Å². The summed E-state index contributed by atoms with van der Waals surface area (Å²) in [5.41, 5.74) is 0. The molecular weight excluding hydrogens is 496 g/mol. The molecule has 1 aliphatic heterocycles. The van der Waals surface area contributed by atoms with Crippen LogP contribution in [0, 0.1) is 0 Å². The quantitative estimate of drug-likeness (QED) is 0.341. The summed E-state index contributed by atoms with van der Waals surface area (Å²) < 4.78 is 61.7. The maximum atomic E-state index is 12.4. The van der Waals surface area contributed by atoms with E-state index in [0.29, 0.717) is 18.9 Å². The molecule has 0 radical (unpaired) electrons. The zero-order chi connectivity index (χ0) is 19.2. The van der Waals surface area contributed by atoms with Gasteiger partial charge in [0.05, 0.1) is 17.2 Å². The maximum Gasteiger partial charge on any atom is 0.401 e. The highest BCUT2D eigenvalue weighted by Crippen LogP contribution is 2.19. The minimum absolute atomic E-state index is 0. The maximum absolute atomic E-state index is 12.4. The lowest BCUT2D eigenvalue weighted by Crippen LogP contribution is -2.46. The number of alkyl halides is 3. The van der Waals surface area contributed by atoms with Crippen molar-refractivity contribution in [2.24, 2.45) is 4.99 Å². The smallest absolute Gasteiger partial charge is 0.355 e. The third kappa shape index (κ3) is 8.21. The van der Waals surface area contributed by atoms with E-state index >= 15 is 0 Å². The second kappa shape index (κ2) is 10.5. The third-order valence-electron chi connectivity index (χ3n) is 4.01. The summed E-state index contributed by atoms with van der Waals surface area (Å²) in [5, 5.41) is 5.95. The van der Waals surface area contributed by atoms with Crippen LogP contribution in [0.1, 0.15) is 6.42 Å². The average Bonchev–Trinajstić information content (AvgIpc) is 2.99. The Kier molecular flexibility index (Phi) is 9.28. The fraction of sp³-hybridized carbons (Fsp3) is 0.562. The number of nitrogens with one attached hydrogen (secondary N) is 2. The summed E-state index contributed by atoms with van der Waals surface area (Å²) in [7, 11) is -1.87. The van der Waals surface area contributed by atoms with Crippen LogP contribution in [0.5, 0.6) is 0 Å². The highest BCUT2D eigenvalue weighted by atomic mass is 127. The number of rotatable bonds is 6. The average molecular weight is 520 g/mol. The minimum Gasteiger partial charge on any atom is -0.355 e. The van der Waals surface area contributed by atoms with Gasteiger partial charge in [-0.05, 0) is 18.6 Å². The van der Waals surface area contributed by atoms with Crippen LogP contribution < -0.4 is 10.6 Å². The fourth-order valence-electron chi connectivity index (χ4n) is 2.79. The molecule has 1 aromatic rings. The second-order valence-electron chi connectivity index (χ2n) is 6.11. The van der Waals surface area contributed by atoms with Crippen molar-refractivity contribution >= 4 is 39.8 Å². The third-order valence-corrected chi connectivity index (χ3v) is 5.74. The number of halogens is 4. The predicted molar refractivity (Wildman–Crippen MR) is 109 cm³/mol. The van der Waals surface area contributed by atoms with Crippen LogP contribution in [0.4, 0.5) is 13.2 Å². The van der Waals surface area contributed by atoms with Gasteiger partial charge in [-0.3, -0.25) is 9.89 Å². The molecule has 0 spiro atoms. The second-order valence-corrected chi connectivity index (χ2v) is 8.22. The molecule has 0 bridgehead atoms. The number of aliphatic imine (C=N–C) groups is 1. The van der Waals surface area contributed by atoms with Gasteiger partial charge in [0.15, 0.2) is 15.8 Å².